The summed E-state index contributed by atoms with van der Waals surface area (Å²) in [5.41, 5.74) is 3.91. The number of hydrogen-bond acceptors (Lipinski definition) is 1. The molecule has 0 aliphatic rings. The van der Waals surface area contributed by atoms with Gasteiger partial charge >= 0.3 is 0 Å². The number of hydrogen-bond donors (Lipinski definition) is 1. The van der Waals surface area contributed by atoms with Crippen molar-refractivity contribution >= 4 is 17.3 Å². The van der Waals surface area contributed by atoms with Crippen molar-refractivity contribution < 1.29 is 0 Å². The molecule has 0 atom stereocenters. The average molecular weight is 182 g/mol. The number of benzene rings is 1. The van der Waals surface area contributed by atoms with Crippen molar-refractivity contribution in [2.24, 2.45) is 0 Å². The first kappa shape index (κ1) is 9.14. The highest BCUT2D eigenvalue weighted by Gasteiger charge is 1.87. The lowest BCUT2D eigenvalue weighted by Gasteiger charge is -2.02. The molecule has 0 heterocycles. The Bertz CT molecular complexity index is 251. The fraction of sp³-hybridized carbons (Fsp3) is 0.200. The van der Waals surface area contributed by atoms with Crippen LogP contribution >= 0.6 is 11.6 Å². The minimum atomic E-state index is 0.770. The highest BCUT2D eigenvalue weighted by Crippen LogP contribution is 2.07. The summed E-state index contributed by atoms with van der Waals surface area (Å²) in [7, 11) is 0. The molecule has 0 amide bonds. The van der Waals surface area contributed by atoms with Crippen LogP contribution in [0.5, 0.6) is 0 Å². The van der Waals surface area contributed by atoms with Gasteiger partial charge in [-0.2, -0.15) is 0 Å². The first-order valence-corrected chi connectivity index (χ1v) is 4.32. The molecule has 1 aromatic rings. The van der Waals surface area contributed by atoms with Crippen molar-refractivity contribution in [2.75, 3.05) is 11.9 Å². The molecule has 0 saturated carbocycles. The predicted molar refractivity (Wildman–Crippen MR) is 54.7 cm³/mol. The van der Waals surface area contributed by atoms with E-state index in [0.29, 0.717) is 0 Å². The molecule has 0 aromatic heterocycles. The molecule has 0 aliphatic carbocycles. The highest BCUT2D eigenvalue weighted by molar-refractivity contribution is 6.25. The fourth-order valence-corrected chi connectivity index (χ4v) is 0.982. The first-order valence-electron chi connectivity index (χ1n) is 3.88. The Morgan fingerprint density at radius 1 is 1.33 bits per heavy atom. The maximum atomic E-state index is 5.37. The molecule has 0 bridgehead atoms. The first-order chi connectivity index (χ1) is 5.83. The highest BCUT2D eigenvalue weighted by atomic mass is 35.5. The van der Waals surface area contributed by atoms with E-state index in [-0.39, 0.29) is 0 Å². The molecule has 0 unspecified atom stereocenters. The second kappa shape index (κ2) is 4.83. The van der Waals surface area contributed by atoms with E-state index in [9.17, 15) is 0 Å². The molecular weight excluding hydrogens is 170 g/mol. The maximum Gasteiger partial charge on any atom is 0.0342 e. The number of halogens is 1. The van der Waals surface area contributed by atoms with Crippen molar-refractivity contribution in [3.63, 3.8) is 0 Å². The monoisotopic (exact) mass is 181 g/mol. The Kier molecular flexibility index (Phi) is 3.68. The van der Waals surface area contributed by atoms with Crippen molar-refractivity contribution in [1.29, 1.82) is 0 Å². The molecule has 0 fully saturated rings. The second-order valence-electron chi connectivity index (χ2n) is 2.61. The Labute approximate surface area is 78.1 Å². The summed E-state index contributed by atoms with van der Waals surface area (Å²) in [5, 5.41) is 3.20. The fourth-order valence-electron chi connectivity index (χ4n) is 0.893. The zero-order chi connectivity index (χ0) is 8.81. The Balaban J connectivity index is 2.47. The van der Waals surface area contributed by atoms with Gasteiger partial charge in [0.2, 0.25) is 0 Å². The van der Waals surface area contributed by atoms with Crippen LogP contribution < -0.4 is 5.32 Å². The lowest BCUT2D eigenvalue weighted by atomic mass is 10.2. The molecule has 1 rings (SSSR count). The van der Waals surface area contributed by atoms with Crippen LogP contribution in [0.15, 0.2) is 35.9 Å². The van der Waals surface area contributed by atoms with Crippen molar-refractivity contribution in [3.8, 4) is 0 Å². The van der Waals surface area contributed by atoms with E-state index in [0.717, 1.165) is 12.2 Å². The number of aryl methyl sites for hydroxylation is 1. The molecule has 12 heavy (non-hydrogen) atoms. The van der Waals surface area contributed by atoms with Crippen LogP contribution in [-0.2, 0) is 0 Å². The quantitative estimate of drug-likeness (QED) is 0.756. The number of nitrogens with one attached hydrogen (secondary N) is 1. The van der Waals surface area contributed by atoms with E-state index >= 15 is 0 Å². The zero-order valence-corrected chi connectivity index (χ0v) is 7.81. The van der Waals surface area contributed by atoms with Crippen LogP contribution in [0.25, 0.3) is 0 Å². The third-order valence-electron chi connectivity index (χ3n) is 1.56. The van der Waals surface area contributed by atoms with Crippen LogP contribution in [0.2, 0.25) is 0 Å². The maximum absolute atomic E-state index is 5.37. The SMILES string of the molecule is Cc1ccc(NC/C=C/Cl)cc1. The van der Waals surface area contributed by atoms with E-state index in [2.05, 4.69) is 36.5 Å². The van der Waals surface area contributed by atoms with Gasteiger partial charge in [-0.15, -0.1) is 0 Å². The molecule has 0 aliphatic heterocycles. The van der Waals surface area contributed by atoms with Gasteiger partial charge in [0, 0.05) is 17.8 Å². The largest absolute Gasteiger partial charge is 0.382 e. The summed E-state index contributed by atoms with van der Waals surface area (Å²) in [6.45, 7) is 2.84. The Hall–Kier alpha value is -0.950. The molecule has 0 spiro atoms. The summed E-state index contributed by atoms with van der Waals surface area (Å²) < 4.78 is 0. The van der Waals surface area contributed by atoms with Gasteiger partial charge < -0.3 is 5.32 Å². The molecule has 64 valence electrons. The molecule has 1 nitrogen and oxygen atoms in total. The van der Waals surface area contributed by atoms with Gasteiger partial charge in [-0.25, -0.2) is 0 Å². The normalized spacial score (nSPS) is 10.5. The average Bonchev–Trinajstić information content (AvgIpc) is 2.09. The summed E-state index contributed by atoms with van der Waals surface area (Å²) in [4.78, 5) is 0. The molecular formula is C10H12ClN. The minimum Gasteiger partial charge on any atom is -0.382 e. The second-order valence-corrected chi connectivity index (χ2v) is 2.86. The summed E-state index contributed by atoms with van der Waals surface area (Å²) in [6.07, 6.45) is 1.86. The van der Waals surface area contributed by atoms with Crippen LogP contribution in [0.1, 0.15) is 5.56 Å². The molecule has 0 radical (unpaired) electrons. The number of anilines is 1. The van der Waals surface area contributed by atoms with E-state index in [1.165, 1.54) is 11.1 Å². The van der Waals surface area contributed by atoms with Crippen LogP contribution in [0.3, 0.4) is 0 Å². The Morgan fingerprint density at radius 3 is 2.58 bits per heavy atom. The summed E-state index contributed by atoms with van der Waals surface area (Å²) in [5.74, 6) is 0. The molecule has 0 saturated heterocycles. The van der Waals surface area contributed by atoms with Gasteiger partial charge in [0.05, 0.1) is 0 Å². The lowest BCUT2D eigenvalue weighted by molar-refractivity contribution is 1.33. The summed E-state index contributed by atoms with van der Waals surface area (Å²) >= 11 is 5.37. The van der Waals surface area contributed by atoms with E-state index in [1.54, 1.807) is 0 Å². The van der Waals surface area contributed by atoms with Crippen LogP contribution in [-0.4, -0.2) is 6.54 Å². The van der Waals surface area contributed by atoms with Gasteiger partial charge in [-0.05, 0) is 19.1 Å². The lowest BCUT2D eigenvalue weighted by Crippen LogP contribution is -1.96. The Morgan fingerprint density at radius 2 is 2.00 bits per heavy atom. The standard InChI is InChI=1S/C10H12ClN/c1-9-3-5-10(6-4-9)12-8-2-7-11/h2-7,12H,8H2,1H3/b7-2+. The number of rotatable bonds is 3. The third kappa shape index (κ3) is 2.97. The predicted octanol–water partition coefficient (Wildman–Crippen LogP) is 3.16. The molecule has 1 aromatic carbocycles. The van der Waals surface area contributed by atoms with E-state index < -0.39 is 0 Å². The van der Waals surface area contributed by atoms with Gasteiger partial charge in [-0.1, -0.05) is 35.4 Å². The smallest absolute Gasteiger partial charge is 0.0342 e. The van der Waals surface area contributed by atoms with Crippen molar-refractivity contribution in [2.45, 2.75) is 6.92 Å². The van der Waals surface area contributed by atoms with Crippen LogP contribution in [0.4, 0.5) is 5.69 Å². The topological polar surface area (TPSA) is 12.0 Å². The van der Waals surface area contributed by atoms with E-state index in [1.807, 2.05) is 6.08 Å². The molecule has 1 N–H and O–H groups in total. The summed E-state index contributed by atoms with van der Waals surface area (Å²) in [6, 6.07) is 8.26. The zero-order valence-electron chi connectivity index (χ0n) is 7.05. The van der Waals surface area contributed by atoms with Crippen molar-refractivity contribution in [3.05, 3.63) is 41.4 Å². The van der Waals surface area contributed by atoms with Crippen molar-refractivity contribution in [1.82, 2.24) is 0 Å². The van der Waals surface area contributed by atoms with Crippen LogP contribution in [0, 0.1) is 6.92 Å². The minimum absolute atomic E-state index is 0.770. The van der Waals surface area contributed by atoms with Gasteiger partial charge in [0.25, 0.3) is 0 Å². The third-order valence-corrected chi connectivity index (χ3v) is 1.74. The van der Waals surface area contributed by atoms with Gasteiger partial charge in [-0.3, -0.25) is 0 Å². The van der Waals surface area contributed by atoms with E-state index in [4.69, 9.17) is 11.6 Å². The van der Waals surface area contributed by atoms with Gasteiger partial charge in [0.15, 0.2) is 0 Å². The van der Waals surface area contributed by atoms with Gasteiger partial charge in [0.1, 0.15) is 0 Å². The molecule has 2 heteroatoms.